The fraction of sp³-hybridized carbons (Fsp3) is 0.500. The highest BCUT2D eigenvalue weighted by Gasteiger charge is 2.15. The van der Waals surface area contributed by atoms with Gasteiger partial charge in [0, 0.05) is 12.6 Å². The Morgan fingerprint density at radius 3 is 2.94 bits per heavy atom. The van der Waals surface area contributed by atoms with E-state index < -0.39 is 6.17 Å². The zero-order valence-electron chi connectivity index (χ0n) is 9.26. The number of hydrogen-bond donors (Lipinski definition) is 2. The van der Waals surface area contributed by atoms with E-state index in [-0.39, 0.29) is 0 Å². The Balaban J connectivity index is 2.09. The second kappa shape index (κ2) is 5.02. The molecule has 1 fully saturated rings. The molecule has 16 heavy (non-hydrogen) atoms. The van der Waals surface area contributed by atoms with Crippen LogP contribution < -0.4 is 10.6 Å². The van der Waals surface area contributed by atoms with Crippen LogP contribution in [0.5, 0.6) is 0 Å². The predicted octanol–water partition coefficient (Wildman–Crippen LogP) is 3.14. The van der Waals surface area contributed by atoms with Crippen LogP contribution in [0.15, 0.2) is 18.2 Å². The van der Waals surface area contributed by atoms with Gasteiger partial charge in [-0.25, -0.2) is 4.39 Å². The highest BCUT2D eigenvalue weighted by atomic mass is 35.5. The summed E-state index contributed by atoms with van der Waals surface area (Å²) >= 11 is 6.10. The molecular weight excluding hydrogens is 227 g/mol. The first-order valence-electron chi connectivity index (χ1n) is 5.57. The van der Waals surface area contributed by atoms with Crippen LogP contribution in [0.25, 0.3) is 0 Å². The molecule has 0 amide bonds. The van der Waals surface area contributed by atoms with Crippen molar-refractivity contribution < 1.29 is 4.39 Å². The molecule has 2 nitrogen and oxygen atoms in total. The summed E-state index contributed by atoms with van der Waals surface area (Å²) in [6.45, 7) is 3.51. The lowest BCUT2D eigenvalue weighted by Gasteiger charge is -2.15. The number of alkyl halides is 1. The molecule has 1 saturated heterocycles. The van der Waals surface area contributed by atoms with Gasteiger partial charge in [-0.05, 0) is 37.6 Å². The van der Waals surface area contributed by atoms with E-state index in [4.69, 9.17) is 11.6 Å². The second-order valence-corrected chi connectivity index (χ2v) is 4.60. The Bertz CT molecular complexity index is 362. The van der Waals surface area contributed by atoms with Gasteiger partial charge < -0.3 is 10.6 Å². The van der Waals surface area contributed by atoms with Gasteiger partial charge in [-0.3, -0.25) is 0 Å². The molecule has 2 atom stereocenters. The number of halogens is 2. The molecule has 1 aliphatic heterocycles. The van der Waals surface area contributed by atoms with Crippen molar-refractivity contribution in [1.82, 2.24) is 5.32 Å². The Morgan fingerprint density at radius 2 is 2.38 bits per heavy atom. The van der Waals surface area contributed by atoms with Crippen molar-refractivity contribution >= 4 is 17.3 Å². The largest absolute Gasteiger partial charge is 0.380 e. The summed E-state index contributed by atoms with van der Waals surface area (Å²) in [4.78, 5) is 0. The van der Waals surface area contributed by atoms with Crippen molar-refractivity contribution in [1.29, 1.82) is 0 Å². The molecule has 2 unspecified atom stereocenters. The lowest BCUT2D eigenvalue weighted by atomic mass is 10.1. The molecule has 0 radical (unpaired) electrons. The van der Waals surface area contributed by atoms with E-state index in [2.05, 4.69) is 10.6 Å². The zero-order chi connectivity index (χ0) is 11.5. The number of hydrogen-bond acceptors (Lipinski definition) is 2. The minimum atomic E-state index is -0.973. The monoisotopic (exact) mass is 242 g/mol. The number of benzene rings is 1. The summed E-state index contributed by atoms with van der Waals surface area (Å²) < 4.78 is 13.1. The summed E-state index contributed by atoms with van der Waals surface area (Å²) in [5.74, 6) is 0. The third-order valence-electron chi connectivity index (χ3n) is 2.87. The first-order valence-corrected chi connectivity index (χ1v) is 5.95. The van der Waals surface area contributed by atoms with Gasteiger partial charge in [0.25, 0.3) is 0 Å². The highest BCUT2D eigenvalue weighted by molar-refractivity contribution is 6.33. The van der Waals surface area contributed by atoms with Gasteiger partial charge in [-0.15, -0.1) is 0 Å². The van der Waals surface area contributed by atoms with Gasteiger partial charge in [0.2, 0.25) is 0 Å². The van der Waals surface area contributed by atoms with Gasteiger partial charge in [-0.2, -0.15) is 0 Å². The average molecular weight is 243 g/mol. The van der Waals surface area contributed by atoms with Gasteiger partial charge in [0.15, 0.2) is 0 Å². The molecule has 2 rings (SSSR count). The maximum absolute atomic E-state index is 13.1. The van der Waals surface area contributed by atoms with E-state index in [0.717, 1.165) is 25.2 Å². The van der Waals surface area contributed by atoms with Crippen LogP contribution in [-0.4, -0.2) is 19.1 Å². The maximum Gasteiger partial charge on any atom is 0.122 e. The SMILES string of the molecule is CC(F)c1ccc(NC2CCNC2)c(Cl)c1. The van der Waals surface area contributed by atoms with E-state index in [1.807, 2.05) is 6.07 Å². The van der Waals surface area contributed by atoms with Crippen LogP contribution in [0.3, 0.4) is 0 Å². The Labute approximate surface area is 100 Å². The summed E-state index contributed by atoms with van der Waals surface area (Å²) in [7, 11) is 0. The fourth-order valence-electron chi connectivity index (χ4n) is 1.89. The molecule has 0 saturated carbocycles. The van der Waals surface area contributed by atoms with Crippen molar-refractivity contribution in [2.75, 3.05) is 18.4 Å². The molecule has 1 aliphatic rings. The van der Waals surface area contributed by atoms with E-state index in [1.54, 1.807) is 12.1 Å². The molecule has 0 aliphatic carbocycles. The van der Waals surface area contributed by atoms with Gasteiger partial charge in [-0.1, -0.05) is 17.7 Å². The van der Waals surface area contributed by atoms with Crippen LogP contribution in [0.2, 0.25) is 5.02 Å². The quantitative estimate of drug-likeness (QED) is 0.851. The first kappa shape index (κ1) is 11.7. The van der Waals surface area contributed by atoms with E-state index >= 15 is 0 Å². The topological polar surface area (TPSA) is 24.1 Å². The lowest BCUT2D eigenvalue weighted by molar-refractivity contribution is 0.374. The number of rotatable bonds is 3. The van der Waals surface area contributed by atoms with E-state index in [0.29, 0.717) is 16.6 Å². The molecule has 4 heteroatoms. The predicted molar refractivity (Wildman–Crippen MR) is 65.9 cm³/mol. The van der Waals surface area contributed by atoms with Crippen LogP contribution in [-0.2, 0) is 0 Å². The van der Waals surface area contributed by atoms with Crippen LogP contribution in [0.4, 0.5) is 10.1 Å². The van der Waals surface area contributed by atoms with E-state index in [9.17, 15) is 4.39 Å². The molecule has 1 aromatic rings. The molecule has 0 bridgehead atoms. The summed E-state index contributed by atoms with van der Waals surface area (Å²) in [6.07, 6.45) is 0.122. The average Bonchev–Trinajstić information content (AvgIpc) is 2.73. The van der Waals surface area contributed by atoms with Gasteiger partial charge >= 0.3 is 0 Å². The number of nitrogens with one attached hydrogen (secondary N) is 2. The van der Waals surface area contributed by atoms with Crippen molar-refractivity contribution in [2.45, 2.75) is 25.6 Å². The van der Waals surface area contributed by atoms with Crippen LogP contribution in [0, 0.1) is 0 Å². The minimum absolute atomic E-state index is 0.422. The number of anilines is 1. The second-order valence-electron chi connectivity index (χ2n) is 4.19. The Hall–Kier alpha value is -0.800. The molecule has 88 valence electrons. The van der Waals surface area contributed by atoms with Crippen molar-refractivity contribution in [3.05, 3.63) is 28.8 Å². The van der Waals surface area contributed by atoms with Gasteiger partial charge in [0.1, 0.15) is 6.17 Å². The zero-order valence-corrected chi connectivity index (χ0v) is 10.0. The normalized spacial score (nSPS) is 22.1. The van der Waals surface area contributed by atoms with Crippen molar-refractivity contribution in [2.24, 2.45) is 0 Å². The summed E-state index contributed by atoms with van der Waals surface area (Å²) in [5.41, 5.74) is 1.51. The maximum atomic E-state index is 13.1. The summed E-state index contributed by atoms with van der Waals surface area (Å²) in [6, 6.07) is 5.75. The highest BCUT2D eigenvalue weighted by Crippen LogP contribution is 2.28. The lowest BCUT2D eigenvalue weighted by Crippen LogP contribution is -2.22. The van der Waals surface area contributed by atoms with Crippen molar-refractivity contribution in [3.63, 3.8) is 0 Å². The van der Waals surface area contributed by atoms with Crippen LogP contribution >= 0.6 is 11.6 Å². The molecule has 0 aromatic heterocycles. The Morgan fingerprint density at radius 1 is 1.56 bits per heavy atom. The molecule has 2 N–H and O–H groups in total. The van der Waals surface area contributed by atoms with Crippen LogP contribution in [0.1, 0.15) is 25.1 Å². The standard InChI is InChI=1S/C12H16ClFN2/c1-8(14)9-2-3-12(11(13)6-9)16-10-4-5-15-7-10/h2-3,6,8,10,15-16H,4-5,7H2,1H3. The van der Waals surface area contributed by atoms with Gasteiger partial charge in [0.05, 0.1) is 10.7 Å². The van der Waals surface area contributed by atoms with E-state index in [1.165, 1.54) is 6.92 Å². The third-order valence-corrected chi connectivity index (χ3v) is 3.19. The summed E-state index contributed by atoms with van der Waals surface area (Å²) in [5, 5.41) is 7.23. The van der Waals surface area contributed by atoms with Crippen molar-refractivity contribution in [3.8, 4) is 0 Å². The third kappa shape index (κ3) is 2.66. The first-order chi connectivity index (χ1) is 7.66. The molecular formula is C12H16ClFN2. The Kier molecular flexibility index (Phi) is 3.66. The minimum Gasteiger partial charge on any atom is -0.380 e. The molecule has 1 aromatic carbocycles. The smallest absolute Gasteiger partial charge is 0.122 e. The molecule has 1 heterocycles. The fourth-order valence-corrected chi connectivity index (χ4v) is 2.14. The molecule has 0 spiro atoms.